The van der Waals surface area contributed by atoms with Gasteiger partial charge in [-0.1, -0.05) is 60.7 Å². The van der Waals surface area contributed by atoms with Gasteiger partial charge in [0.25, 0.3) is 0 Å². The lowest BCUT2D eigenvalue weighted by molar-refractivity contribution is 0.0492. The number of rotatable bonds is 7. The van der Waals surface area contributed by atoms with E-state index in [0.717, 1.165) is 77.2 Å². The normalized spacial score (nSPS) is 14.4. The van der Waals surface area contributed by atoms with Crippen LogP contribution < -0.4 is 5.32 Å². The van der Waals surface area contributed by atoms with E-state index < -0.39 is 0 Å². The van der Waals surface area contributed by atoms with E-state index in [9.17, 15) is 4.79 Å². The molecule has 40 heavy (non-hydrogen) atoms. The zero-order chi connectivity index (χ0) is 27.5. The molecule has 5 aromatic rings. The van der Waals surface area contributed by atoms with E-state index in [4.69, 9.17) is 9.72 Å². The van der Waals surface area contributed by atoms with Crippen LogP contribution in [-0.2, 0) is 11.3 Å². The highest BCUT2D eigenvalue weighted by Gasteiger charge is 2.22. The van der Waals surface area contributed by atoms with Gasteiger partial charge in [0.15, 0.2) is 11.3 Å². The first kappa shape index (κ1) is 25.7. The Morgan fingerprint density at radius 2 is 1.85 bits per heavy atom. The summed E-state index contributed by atoms with van der Waals surface area (Å²) in [5.41, 5.74) is 7.86. The number of ether oxygens (including phenoxy) is 1. The van der Waals surface area contributed by atoms with Crippen LogP contribution in [0.1, 0.15) is 24.1 Å². The molecule has 0 radical (unpaired) electrons. The number of nitrogens with one attached hydrogen (secondary N) is 1. The highest BCUT2D eigenvalue weighted by Crippen LogP contribution is 2.33. The Hall–Kier alpha value is -4.56. The van der Waals surface area contributed by atoms with Gasteiger partial charge in [-0.25, -0.2) is 14.8 Å². The molecule has 0 spiro atoms. The number of amides is 1. The van der Waals surface area contributed by atoms with Gasteiger partial charge < -0.3 is 10.1 Å². The molecule has 202 valence electrons. The zero-order valence-corrected chi connectivity index (χ0v) is 22.6. The average Bonchev–Trinajstić information content (AvgIpc) is 3.38. The SMILES string of the molecule is C=CCNC(=O)OC1CCN(Cc2ccc(-c3nc4c(cnc5cc(C)nn54)cc3-c3ccccc3)cc2)CC1. The number of fused-ring (bicyclic) bond motifs is 3. The largest absolute Gasteiger partial charge is 0.446 e. The molecular weight excluding hydrogens is 500 g/mol. The number of aromatic nitrogens is 4. The average molecular weight is 533 g/mol. The Kier molecular flexibility index (Phi) is 7.25. The number of pyridine rings is 1. The summed E-state index contributed by atoms with van der Waals surface area (Å²) in [4.78, 5) is 24.0. The van der Waals surface area contributed by atoms with Gasteiger partial charge in [0.05, 0.1) is 11.4 Å². The van der Waals surface area contributed by atoms with Gasteiger partial charge in [0, 0.05) is 55.0 Å². The summed E-state index contributed by atoms with van der Waals surface area (Å²) >= 11 is 0. The van der Waals surface area contributed by atoms with Crippen LogP contribution in [0.2, 0.25) is 0 Å². The lowest BCUT2D eigenvalue weighted by Gasteiger charge is -2.31. The third-order valence-electron chi connectivity index (χ3n) is 7.30. The van der Waals surface area contributed by atoms with Crippen molar-refractivity contribution in [1.29, 1.82) is 0 Å². The van der Waals surface area contributed by atoms with E-state index in [-0.39, 0.29) is 12.2 Å². The molecule has 1 fully saturated rings. The molecule has 2 aromatic carbocycles. The molecule has 0 unspecified atom stereocenters. The van der Waals surface area contributed by atoms with Crippen molar-refractivity contribution in [3.8, 4) is 22.4 Å². The predicted octanol–water partition coefficient (Wildman–Crippen LogP) is 5.80. The number of hydrogen-bond donors (Lipinski definition) is 1. The number of carbonyl (C=O) groups is 1. The minimum atomic E-state index is -0.370. The maximum absolute atomic E-state index is 11.8. The van der Waals surface area contributed by atoms with Crippen LogP contribution in [0.4, 0.5) is 4.79 Å². The lowest BCUT2D eigenvalue weighted by atomic mass is 9.97. The molecule has 1 N–H and O–H groups in total. The molecule has 3 aromatic heterocycles. The van der Waals surface area contributed by atoms with Gasteiger partial charge in [0.1, 0.15) is 6.10 Å². The maximum Gasteiger partial charge on any atom is 0.407 e. The molecule has 6 rings (SSSR count). The van der Waals surface area contributed by atoms with E-state index in [0.29, 0.717) is 6.54 Å². The maximum atomic E-state index is 11.8. The van der Waals surface area contributed by atoms with Gasteiger partial charge >= 0.3 is 6.09 Å². The summed E-state index contributed by atoms with van der Waals surface area (Å²) < 4.78 is 7.35. The van der Waals surface area contributed by atoms with Crippen LogP contribution in [0.25, 0.3) is 39.1 Å². The molecule has 1 amide bonds. The molecule has 0 saturated carbocycles. The first-order valence-corrected chi connectivity index (χ1v) is 13.7. The first-order chi connectivity index (χ1) is 19.6. The van der Waals surface area contributed by atoms with E-state index in [1.54, 1.807) is 6.08 Å². The Bertz CT molecular complexity index is 1650. The highest BCUT2D eigenvalue weighted by atomic mass is 16.6. The van der Waals surface area contributed by atoms with Gasteiger partial charge in [-0.05, 0) is 37.0 Å². The Morgan fingerprint density at radius 1 is 1.07 bits per heavy atom. The third-order valence-corrected chi connectivity index (χ3v) is 7.30. The summed E-state index contributed by atoms with van der Waals surface area (Å²) in [7, 11) is 0. The number of hydrogen-bond acceptors (Lipinski definition) is 6. The number of carbonyl (C=O) groups excluding carboxylic acids is 1. The number of aryl methyl sites for hydroxylation is 1. The smallest absolute Gasteiger partial charge is 0.407 e. The van der Waals surface area contributed by atoms with Crippen LogP contribution in [0.5, 0.6) is 0 Å². The Balaban J connectivity index is 1.23. The molecule has 1 aliphatic heterocycles. The quantitative estimate of drug-likeness (QED) is 0.267. The fourth-order valence-corrected chi connectivity index (χ4v) is 5.27. The van der Waals surface area contributed by atoms with Crippen LogP contribution in [-0.4, -0.2) is 56.3 Å². The summed E-state index contributed by atoms with van der Waals surface area (Å²) in [6, 6.07) is 23.1. The fourth-order valence-electron chi connectivity index (χ4n) is 5.27. The second kappa shape index (κ2) is 11.3. The van der Waals surface area contributed by atoms with Crippen molar-refractivity contribution in [2.24, 2.45) is 0 Å². The third kappa shape index (κ3) is 5.44. The van der Waals surface area contributed by atoms with Crippen molar-refractivity contribution in [2.45, 2.75) is 32.4 Å². The number of piperidine rings is 1. The summed E-state index contributed by atoms with van der Waals surface area (Å²) in [5.74, 6) is 0. The van der Waals surface area contributed by atoms with Crippen molar-refractivity contribution >= 4 is 22.8 Å². The number of benzene rings is 2. The second-order valence-corrected chi connectivity index (χ2v) is 10.2. The monoisotopic (exact) mass is 532 g/mol. The molecule has 1 saturated heterocycles. The molecular formula is C32H32N6O2. The molecule has 4 heterocycles. The molecule has 8 heteroatoms. The first-order valence-electron chi connectivity index (χ1n) is 13.7. The predicted molar refractivity (Wildman–Crippen MR) is 157 cm³/mol. The minimum absolute atomic E-state index is 0.0425. The summed E-state index contributed by atoms with van der Waals surface area (Å²) in [6.45, 7) is 8.62. The van der Waals surface area contributed by atoms with E-state index in [1.807, 2.05) is 41.9 Å². The van der Waals surface area contributed by atoms with Crippen molar-refractivity contribution in [3.05, 3.63) is 96.8 Å². The second-order valence-electron chi connectivity index (χ2n) is 10.2. The van der Waals surface area contributed by atoms with Crippen LogP contribution in [0.3, 0.4) is 0 Å². The number of alkyl carbamates (subject to hydrolysis) is 1. The van der Waals surface area contributed by atoms with Gasteiger partial charge in [-0.2, -0.15) is 9.61 Å². The standard InChI is InChI=1S/C32H32N6O2/c1-3-15-33-32(39)40-27-13-16-37(17-14-27)21-23-9-11-25(12-10-23)30-28(24-7-5-4-6-8-24)19-26-20-34-29-18-22(2)36-38(29)31(26)35-30/h3-12,18-20,27H,1,13-17,21H2,2H3,(H,33,39). The molecule has 1 aliphatic rings. The molecule has 0 bridgehead atoms. The number of nitrogens with zero attached hydrogens (tertiary/aromatic N) is 5. The Morgan fingerprint density at radius 3 is 2.60 bits per heavy atom. The van der Waals surface area contributed by atoms with E-state index >= 15 is 0 Å². The minimum Gasteiger partial charge on any atom is -0.446 e. The molecule has 0 aliphatic carbocycles. The van der Waals surface area contributed by atoms with Crippen LogP contribution in [0.15, 0.2) is 85.6 Å². The van der Waals surface area contributed by atoms with Gasteiger partial charge in [-0.15, -0.1) is 6.58 Å². The van der Waals surface area contributed by atoms with Crippen molar-refractivity contribution in [3.63, 3.8) is 0 Å². The van der Waals surface area contributed by atoms with Crippen LogP contribution in [0, 0.1) is 6.92 Å². The Labute approximate surface area is 233 Å². The van der Waals surface area contributed by atoms with E-state index in [2.05, 4.69) is 69.3 Å². The van der Waals surface area contributed by atoms with Crippen molar-refractivity contribution < 1.29 is 9.53 Å². The van der Waals surface area contributed by atoms with E-state index in [1.165, 1.54) is 5.56 Å². The molecule has 0 atom stereocenters. The molecule has 8 nitrogen and oxygen atoms in total. The summed E-state index contributed by atoms with van der Waals surface area (Å²) in [6.07, 6.45) is 4.77. The summed E-state index contributed by atoms with van der Waals surface area (Å²) in [5, 5.41) is 8.27. The van der Waals surface area contributed by atoms with Gasteiger partial charge in [-0.3, -0.25) is 4.90 Å². The zero-order valence-electron chi connectivity index (χ0n) is 22.6. The fraction of sp³-hybridized carbons (Fsp3) is 0.250. The van der Waals surface area contributed by atoms with Crippen molar-refractivity contribution in [2.75, 3.05) is 19.6 Å². The lowest BCUT2D eigenvalue weighted by Crippen LogP contribution is -2.39. The van der Waals surface area contributed by atoms with Crippen LogP contribution >= 0.6 is 0 Å². The van der Waals surface area contributed by atoms with Gasteiger partial charge in [0.2, 0.25) is 0 Å². The highest BCUT2D eigenvalue weighted by molar-refractivity contribution is 5.90. The number of likely N-dealkylation sites (tertiary alicyclic amines) is 1. The topological polar surface area (TPSA) is 84.6 Å². The van der Waals surface area contributed by atoms with Crippen molar-refractivity contribution in [1.82, 2.24) is 29.8 Å².